The van der Waals surface area contributed by atoms with E-state index in [9.17, 15) is 0 Å². The Morgan fingerprint density at radius 3 is 2.70 bits per heavy atom. The Kier molecular flexibility index (Phi) is 5.13. The molecule has 1 aliphatic heterocycles. The number of fused-ring (bicyclic) bond motifs is 2. The Morgan fingerprint density at radius 1 is 1.09 bits per heavy atom. The van der Waals surface area contributed by atoms with Crippen LogP contribution in [0.3, 0.4) is 0 Å². The molecule has 0 radical (unpaired) electrons. The van der Waals surface area contributed by atoms with Crippen LogP contribution in [0.25, 0.3) is 5.65 Å². The minimum Gasteiger partial charge on any atom is -0.358 e. The topological polar surface area (TPSA) is 59.5 Å². The number of nitrogens with two attached hydrogens (primary N) is 1. The van der Waals surface area contributed by atoms with E-state index in [1.165, 1.54) is 22.5 Å². The monoisotopic (exact) mass is 475 g/mol. The van der Waals surface area contributed by atoms with Gasteiger partial charge in [0.2, 0.25) is 0 Å². The van der Waals surface area contributed by atoms with Gasteiger partial charge < -0.3 is 10.6 Å². The number of anilines is 1. The third-order valence-electron chi connectivity index (χ3n) is 7.41. The SMILES string of the molecule is Cc1cc(N2CCC3(CC2)Cc2ccccc2[C@H]3N)n2ccnc2c1Sc1cccnc1Cl. The maximum Gasteiger partial charge on any atom is 0.152 e. The first-order chi connectivity index (χ1) is 16.1. The van der Waals surface area contributed by atoms with Crippen molar-refractivity contribution < 1.29 is 0 Å². The molecule has 4 heterocycles. The zero-order chi connectivity index (χ0) is 22.6. The number of pyridine rings is 2. The molecule has 7 heteroatoms. The van der Waals surface area contributed by atoms with E-state index < -0.39 is 0 Å². The first kappa shape index (κ1) is 21.0. The second-order valence-electron chi connectivity index (χ2n) is 9.23. The average Bonchev–Trinajstić information content (AvgIpc) is 3.41. The standard InChI is InChI=1S/C26H26ClN5S/c1-17-15-21(32-14-11-30-25(32)22(17)33-20-7-4-10-29-24(20)27)31-12-8-26(9-13-31)16-18-5-2-3-6-19(18)23(26)28/h2-7,10-11,14-15,23H,8-9,12-13,16,28H2,1H3/t23-/m1/s1. The van der Waals surface area contributed by atoms with Crippen LogP contribution >= 0.6 is 23.4 Å². The molecule has 2 N–H and O–H groups in total. The van der Waals surface area contributed by atoms with Crippen molar-refractivity contribution >= 4 is 34.8 Å². The van der Waals surface area contributed by atoms with Crippen molar-refractivity contribution in [1.82, 2.24) is 14.4 Å². The van der Waals surface area contributed by atoms with E-state index in [0.29, 0.717) is 5.15 Å². The molecule has 2 aliphatic rings. The van der Waals surface area contributed by atoms with E-state index in [-0.39, 0.29) is 11.5 Å². The summed E-state index contributed by atoms with van der Waals surface area (Å²) in [6.07, 6.45) is 8.94. The van der Waals surface area contributed by atoms with Gasteiger partial charge in [-0.25, -0.2) is 9.97 Å². The summed E-state index contributed by atoms with van der Waals surface area (Å²) < 4.78 is 2.21. The number of halogens is 1. The summed E-state index contributed by atoms with van der Waals surface area (Å²) in [5.74, 6) is 1.19. The summed E-state index contributed by atoms with van der Waals surface area (Å²) in [6.45, 7) is 4.14. The lowest BCUT2D eigenvalue weighted by atomic mass is 9.73. The molecule has 0 bridgehead atoms. The van der Waals surface area contributed by atoms with Crippen LogP contribution in [0.4, 0.5) is 5.82 Å². The summed E-state index contributed by atoms with van der Waals surface area (Å²) in [7, 11) is 0. The number of benzene rings is 1. The molecule has 33 heavy (non-hydrogen) atoms. The Morgan fingerprint density at radius 2 is 1.91 bits per heavy atom. The van der Waals surface area contributed by atoms with Crippen LogP contribution in [0.2, 0.25) is 5.15 Å². The van der Waals surface area contributed by atoms with Gasteiger partial charge in [0.15, 0.2) is 5.65 Å². The Labute approximate surface area is 203 Å². The second kappa shape index (κ2) is 8.05. The molecule has 1 aliphatic carbocycles. The normalized spacial score (nSPS) is 19.4. The molecule has 1 atom stereocenters. The highest BCUT2D eigenvalue weighted by Crippen LogP contribution is 2.51. The van der Waals surface area contributed by atoms with Gasteiger partial charge in [-0.2, -0.15) is 0 Å². The Bertz CT molecular complexity index is 1340. The van der Waals surface area contributed by atoms with E-state index in [4.69, 9.17) is 22.3 Å². The molecule has 1 aromatic carbocycles. The summed E-state index contributed by atoms with van der Waals surface area (Å²) >= 11 is 7.96. The van der Waals surface area contributed by atoms with Crippen molar-refractivity contribution in [2.75, 3.05) is 18.0 Å². The van der Waals surface area contributed by atoms with Crippen LogP contribution in [0.15, 0.2) is 70.8 Å². The van der Waals surface area contributed by atoms with E-state index in [0.717, 1.165) is 47.8 Å². The number of rotatable bonds is 3. The van der Waals surface area contributed by atoms with Crippen molar-refractivity contribution in [2.24, 2.45) is 11.1 Å². The second-order valence-corrected chi connectivity index (χ2v) is 10.6. The first-order valence-electron chi connectivity index (χ1n) is 11.4. The lowest BCUT2D eigenvalue weighted by Gasteiger charge is -2.43. The number of aromatic nitrogens is 3. The maximum absolute atomic E-state index is 6.79. The van der Waals surface area contributed by atoms with Crippen LogP contribution in [-0.2, 0) is 6.42 Å². The Hall–Kier alpha value is -2.54. The molecule has 1 saturated heterocycles. The third kappa shape index (κ3) is 3.43. The molecule has 5 nitrogen and oxygen atoms in total. The van der Waals surface area contributed by atoms with E-state index in [1.807, 2.05) is 18.3 Å². The first-order valence-corrected chi connectivity index (χ1v) is 12.6. The highest BCUT2D eigenvalue weighted by molar-refractivity contribution is 7.99. The van der Waals surface area contributed by atoms with Crippen molar-refractivity contribution in [1.29, 1.82) is 0 Å². The van der Waals surface area contributed by atoms with Crippen molar-refractivity contribution in [3.63, 3.8) is 0 Å². The highest BCUT2D eigenvalue weighted by Gasteiger charge is 2.46. The van der Waals surface area contributed by atoms with Crippen LogP contribution in [0, 0.1) is 12.3 Å². The molecular formula is C26H26ClN5S. The van der Waals surface area contributed by atoms with E-state index >= 15 is 0 Å². The minimum absolute atomic E-state index is 0.133. The van der Waals surface area contributed by atoms with E-state index in [1.54, 1.807) is 18.0 Å². The number of hydrogen-bond acceptors (Lipinski definition) is 5. The number of hydrogen-bond donors (Lipinski definition) is 1. The van der Waals surface area contributed by atoms with Crippen molar-refractivity contribution in [3.8, 4) is 0 Å². The molecule has 1 fully saturated rings. The van der Waals surface area contributed by atoms with Gasteiger partial charge in [-0.3, -0.25) is 4.40 Å². The fourth-order valence-corrected chi connectivity index (χ4v) is 6.78. The predicted octanol–water partition coefficient (Wildman–Crippen LogP) is 5.69. The highest BCUT2D eigenvalue weighted by atomic mass is 35.5. The number of imidazole rings is 1. The van der Waals surface area contributed by atoms with Gasteiger partial charge in [-0.1, -0.05) is 47.6 Å². The van der Waals surface area contributed by atoms with Crippen LogP contribution in [-0.4, -0.2) is 27.5 Å². The van der Waals surface area contributed by atoms with Gasteiger partial charge >= 0.3 is 0 Å². The maximum atomic E-state index is 6.79. The molecule has 1 spiro atoms. The molecule has 6 rings (SSSR count). The fraction of sp³-hybridized carbons (Fsp3) is 0.308. The molecule has 0 amide bonds. The smallest absolute Gasteiger partial charge is 0.152 e. The van der Waals surface area contributed by atoms with Gasteiger partial charge in [0.25, 0.3) is 0 Å². The van der Waals surface area contributed by atoms with Crippen LogP contribution in [0.1, 0.15) is 35.6 Å². The Balaban J connectivity index is 1.29. The predicted molar refractivity (Wildman–Crippen MR) is 134 cm³/mol. The number of piperidine rings is 1. The van der Waals surface area contributed by atoms with Crippen molar-refractivity contribution in [3.05, 3.63) is 82.9 Å². The minimum atomic E-state index is 0.133. The molecule has 3 aromatic heterocycles. The fourth-order valence-electron chi connectivity index (χ4n) is 5.58. The molecule has 4 aromatic rings. The molecular weight excluding hydrogens is 450 g/mol. The summed E-state index contributed by atoms with van der Waals surface area (Å²) in [5, 5.41) is 0.519. The summed E-state index contributed by atoms with van der Waals surface area (Å²) in [5.41, 5.74) is 11.9. The average molecular weight is 476 g/mol. The summed E-state index contributed by atoms with van der Waals surface area (Å²) in [4.78, 5) is 13.5. The molecule has 168 valence electrons. The van der Waals surface area contributed by atoms with Gasteiger partial charge in [0, 0.05) is 42.6 Å². The van der Waals surface area contributed by atoms with Crippen LogP contribution < -0.4 is 10.6 Å². The lowest BCUT2D eigenvalue weighted by Crippen LogP contribution is -2.44. The number of aryl methyl sites for hydroxylation is 1. The third-order valence-corrected chi connectivity index (χ3v) is 9.08. The van der Waals surface area contributed by atoms with E-state index in [2.05, 4.69) is 57.7 Å². The number of nitrogens with zero attached hydrogens (tertiary/aromatic N) is 4. The van der Waals surface area contributed by atoms with Gasteiger partial charge in [0.05, 0.1) is 4.90 Å². The molecule has 0 saturated carbocycles. The van der Waals surface area contributed by atoms with Gasteiger partial charge in [-0.15, -0.1) is 0 Å². The lowest BCUT2D eigenvalue weighted by molar-refractivity contribution is 0.187. The quantitative estimate of drug-likeness (QED) is 0.386. The zero-order valence-corrected chi connectivity index (χ0v) is 20.1. The largest absolute Gasteiger partial charge is 0.358 e. The van der Waals surface area contributed by atoms with Crippen LogP contribution in [0.5, 0.6) is 0 Å². The summed E-state index contributed by atoms with van der Waals surface area (Å²) in [6, 6.07) is 15.0. The van der Waals surface area contributed by atoms with Gasteiger partial charge in [0.1, 0.15) is 11.0 Å². The zero-order valence-electron chi connectivity index (χ0n) is 18.5. The van der Waals surface area contributed by atoms with Gasteiger partial charge in [-0.05, 0) is 66.5 Å². The van der Waals surface area contributed by atoms with Crippen molar-refractivity contribution in [2.45, 2.75) is 42.0 Å². The molecule has 0 unspecified atom stereocenters.